The molecule has 3 N–H and O–H groups in total. The summed E-state index contributed by atoms with van der Waals surface area (Å²) in [5, 5.41) is 21.6. The van der Waals surface area contributed by atoms with Crippen LogP contribution in [0.4, 0.5) is 13.2 Å². The molecule has 15 heavy (non-hydrogen) atoms. The number of amidine groups is 1. The zero-order valence-corrected chi connectivity index (χ0v) is 7.19. The van der Waals surface area contributed by atoms with Crippen LogP contribution in [0, 0.1) is 5.21 Å². The van der Waals surface area contributed by atoms with Crippen LogP contribution in [0.15, 0.2) is 23.5 Å². The monoisotopic (exact) mass is 221 g/mol. The number of rotatable bonds is 1. The van der Waals surface area contributed by atoms with Crippen molar-refractivity contribution in [1.82, 2.24) is 0 Å². The fourth-order valence-electron chi connectivity index (χ4n) is 1.03. The van der Waals surface area contributed by atoms with Crippen LogP contribution in [0.25, 0.3) is 0 Å². The molecular formula is C7H6F3N3O2. The van der Waals surface area contributed by atoms with Crippen molar-refractivity contribution >= 4 is 5.84 Å². The van der Waals surface area contributed by atoms with Crippen molar-refractivity contribution in [3.63, 3.8) is 0 Å². The minimum Gasteiger partial charge on any atom is -0.618 e. The lowest BCUT2D eigenvalue weighted by molar-refractivity contribution is -0.629. The van der Waals surface area contributed by atoms with Gasteiger partial charge in [0.15, 0.2) is 12.0 Å². The number of oxime groups is 1. The fraction of sp³-hybridized carbons (Fsp3) is 0.143. The number of alkyl halides is 3. The molecular weight excluding hydrogens is 215 g/mol. The van der Waals surface area contributed by atoms with Gasteiger partial charge in [-0.3, -0.25) is 0 Å². The molecule has 0 radical (unpaired) electrons. The quantitative estimate of drug-likeness (QED) is 0.180. The van der Waals surface area contributed by atoms with Gasteiger partial charge in [0.2, 0.25) is 0 Å². The maximum absolute atomic E-state index is 12.4. The van der Waals surface area contributed by atoms with E-state index < -0.39 is 23.3 Å². The Morgan fingerprint density at radius 3 is 2.60 bits per heavy atom. The average Bonchev–Trinajstić information content (AvgIpc) is 2.14. The molecule has 1 heterocycles. The number of aromatic nitrogens is 1. The molecule has 1 rings (SSSR count). The number of hydrogen-bond acceptors (Lipinski definition) is 3. The third-order valence-corrected chi connectivity index (χ3v) is 1.61. The summed E-state index contributed by atoms with van der Waals surface area (Å²) in [6, 6.07) is 2.00. The topological polar surface area (TPSA) is 85.5 Å². The lowest BCUT2D eigenvalue weighted by Gasteiger charge is -2.10. The maximum Gasteiger partial charge on any atom is 0.479 e. The minimum absolute atomic E-state index is 0.382. The normalized spacial score (nSPS) is 12.9. The Morgan fingerprint density at radius 1 is 1.53 bits per heavy atom. The third-order valence-electron chi connectivity index (χ3n) is 1.61. The van der Waals surface area contributed by atoms with E-state index in [1.54, 1.807) is 0 Å². The van der Waals surface area contributed by atoms with Crippen molar-refractivity contribution in [2.24, 2.45) is 10.9 Å². The second-order valence-corrected chi connectivity index (χ2v) is 2.58. The predicted octanol–water partition coefficient (Wildman–Crippen LogP) is 0.433. The van der Waals surface area contributed by atoms with Crippen LogP contribution >= 0.6 is 0 Å². The molecule has 5 nitrogen and oxygen atoms in total. The Labute approximate surface area is 81.8 Å². The van der Waals surface area contributed by atoms with E-state index in [1.165, 1.54) is 0 Å². The molecule has 0 amide bonds. The maximum atomic E-state index is 12.4. The van der Waals surface area contributed by atoms with Crippen LogP contribution in [0.1, 0.15) is 11.3 Å². The first kappa shape index (κ1) is 11.1. The van der Waals surface area contributed by atoms with Gasteiger partial charge in [0.25, 0.3) is 0 Å². The lowest BCUT2D eigenvalue weighted by atomic mass is 10.1. The van der Waals surface area contributed by atoms with Gasteiger partial charge in [-0.15, -0.1) is 0 Å². The largest absolute Gasteiger partial charge is 0.618 e. The van der Waals surface area contributed by atoms with E-state index in [0.29, 0.717) is 6.20 Å². The number of halogens is 3. The van der Waals surface area contributed by atoms with Gasteiger partial charge >= 0.3 is 11.9 Å². The Bertz CT molecular complexity index is 403. The van der Waals surface area contributed by atoms with E-state index in [4.69, 9.17) is 10.9 Å². The SMILES string of the molecule is N/C(=N\O)c1ccc[n+]([O-])c1C(F)(F)F. The van der Waals surface area contributed by atoms with Crippen molar-refractivity contribution in [1.29, 1.82) is 0 Å². The van der Waals surface area contributed by atoms with Gasteiger partial charge in [0, 0.05) is 6.07 Å². The first-order chi connectivity index (χ1) is 6.88. The first-order valence-electron chi connectivity index (χ1n) is 3.65. The van der Waals surface area contributed by atoms with Gasteiger partial charge in [-0.1, -0.05) is 5.16 Å². The molecule has 0 unspecified atom stereocenters. The van der Waals surface area contributed by atoms with Gasteiger partial charge < -0.3 is 16.1 Å². The zero-order valence-electron chi connectivity index (χ0n) is 7.19. The number of hydrogen-bond donors (Lipinski definition) is 2. The lowest BCUT2D eigenvalue weighted by Crippen LogP contribution is -2.39. The van der Waals surface area contributed by atoms with Crippen molar-refractivity contribution < 1.29 is 23.1 Å². The van der Waals surface area contributed by atoms with Gasteiger partial charge in [0.05, 0.1) is 5.56 Å². The van der Waals surface area contributed by atoms with Crippen molar-refractivity contribution in [3.8, 4) is 0 Å². The number of nitrogens with two attached hydrogens (primary N) is 1. The predicted molar refractivity (Wildman–Crippen MR) is 42.9 cm³/mol. The highest BCUT2D eigenvalue weighted by molar-refractivity contribution is 5.97. The van der Waals surface area contributed by atoms with E-state index in [0.717, 1.165) is 12.1 Å². The molecule has 0 fully saturated rings. The summed E-state index contributed by atoms with van der Waals surface area (Å²) in [4.78, 5) is 0. The molecule has 0 aliphatic rings. The Balaban J connectivity index is 3.47. The van der Waals surface area contributed by atoms with E-state index in [1.807, 2.05) is 0 Å². The molecule has 82 valence electrons. The molecule has 0 aromatic carbocycles. The van der Waals surface area contributed by atoms with Crippen LogP contribution in [0.5, 0.6) is 0 Å². The van der Waals surface area contributed by atoms with Crippen LogP contribution in [-0.4, -0.2) is 11.0 Å². The zero-order chi connectivity index (χ0) is 11.6. The fourth-order valence-corrected chi connectivity index (χ4v) is 1.03. The molecule has 0 atom stereocenters. The van der Waals surface area contributed by atoms with Gasteiger partial charge in [-0.2, -0.15) is 17.9 Å². The summed E-state index contributed by atoms with van der Waals surface area (Å²) in [7, 11) is 0. The van der Waals surface area contributed by atoms with E-state index in [2.05, 4.69) is 5.16 Å². The highest BCUT2D eigenvalue weighted by Gasteiger charge is 2.43. The average molecular weight is 221 g/mol. The second kappa shape index (κ2) is 3.64. The minimum atomic E-state index is -4.87. The summed E-state index contributed by atoms with van der Waals surface area (Å²) in [6.45, 7) is 0. The molecule has 0 bridgehead atoms. The van der Waals surface area contributed by atoms with Crippen molar-refractivity contribution in [3.05, 3.63) is 34.8 Å². The summed E-state index contributed by atoms with van der Waals surface area (Å²) >= 11 is 0. The van der Waals surface area contributed by atoms with Gasteiger partial charge in [0.1, 0.15) is 0 Å². The molecule has 0 saturated carbocycles. The molecule has 0 aliphatic heterocycles. The summed E-state index contributed by atoms with van der Waals surface area (Å²) in [5.41, 5.74) is 2.83. The second-order valence-electron chi connectivity index (χ2n) is 2.58. The standard InChI is InChI=1S/C7H6F3N3O2/c8-7(9,10)5-4(6(11)12-14)2-1-3-13(5)15/h1-3,14H,(H2,11,12). The molecule has 0 saturated heterocycles. The van der Waals surface area contributed by atoms with E-state index in [-0.39, 0.29) is 4.73 Å². The first-order valence-corrected chi connectivity index (χ1v) is 3.65. The van der Waals surface area contributed by atoms with Crippen LogP contribution in [-0.2, 0) is 6.18 Å². The van der Waals surface area contributed by atoms with Crippen LogP contribution in [0.3, 0.4) is 0 Å². The summed E-state index contributed by atoms with van der Waals surface area (Å²) < 4.78 is 36.8. The molecule has 0 aliphatic carbocycles. The molecule has 1 aromatic rings. The molecule has 1 aromatic heterocycles. The molecule has 0 spiro atoms. The van der Waals surface area contributed by atoms with E-state index in [9.17, 15) is 18.4 Å². The number of nitrogens with zero attached hydrogens (tertiary/aromatic N) is 2. The van der Waals surface area contributed by atoms with Gasteiger partial charge in [-0.05, 0) is 6.07 Å². The Kier molecular flexibility index (Phi) is 2.69. The Morgan fingerprint density at radius 2 is 2.13 bits per heavy atom. The van der Waals surface area contributed by atoms with Crippen molar-refractivity contribution in [2.45, 2.75) is 6.18 Å². The highest BCUT2D eigenvalue weighted by atomic mass is 19.4. The highest BCUT2D eigenvalue weighted by Crippen LogP contribution is 2.28. The van der Waals surface area contributed by atoms with Crippen molar-refractivity contribution in [2.75, 3.05) is 0 Å². The van der Waals surface area contributed by atoms with E-state index >= 15 is 0 Å². The Hall–Kier alpha value is -1.99. The van der Waals surface area contributed by atoms with Gasteiger partial charge in [-0.25, -0.2) is 0 Å². The summed E-state index contributed by atoms with van der Waals surface area (Å²) in [5.74, 6) is -0.771. The number of pyridine rings is 1. The third kappa shape index (κ3) is 2.09. The smallest absolute Gasteiger partial charge is 0.479 e. The summed E-state index contributed by atoms with van der Waals surface area (Å²) in [6.07, 6.45) is -4.19. The molecule has 8 heteroatoms. The van der Waals surface area contributed by atoms with Crippen LogP contribution < -0.4 is 10.5 Å². The van der Waals surface area contributed by atoms with Crippen LogP contribution in [0.2, 0.25) is 0 Å².